The first-order valence-electron chi connectivity index (χ1n) is 9.21. The van der Waals surface area contributed by atoms with Gasteiger partial charge in [-0.15, -0.1) is 0 Å². The minimum atomic E-state index is -0.856. The Morgan fingerprint density at radius 2 is 2.03 bits per heavy atom. The highest BCUT2D eigenvalue weighted by Gasteiger charge is 2.36. The number of fused-ring (bicyclic) bond motifs is 1. The number of urea groups is 1. The smallest absolute Gasteiger partial charge is 0.339 e. The molecule has 0 saturated carbocycles. The van der Waals surface area contributed by atoms with Crippen molar-refractivity contribution >= 4 is 17.7 Å². The van der Waals surface area contributed by atoms with Gasteiger partial charge in [0.15, 0.2) is 0 Å². The van der Waals surface area contributed by atoms with E-state index in [1.54, 1.807) is 18.2 Å². The molecule has 154 valence electrons. The molecular formula is C21H18F2N4O3. The Balaban J connectivity index is 1.71. The predicted octanol–water partition coefficient (Wildman–Crippen LogP) is 3.65. The van der Waals surface area contributed by atoms with Crippen molar-refractivity contribution in [1.82, 2.24) is 14.9 Å². The minimum absolute atomic E-state index is 0.126. The maximum atomic E-state index is 14.6. The Morgan fingerprint density at radius 1 is 1.23 bits per heavy atom. The molecule has 0 bridgehead atoms. The fourth-order valence-electron chi connectivity index (χ4n) is 3.60. The average Bonchev–Trinajstić information content (AvgIpc) is 3.22. The van der Waals surface area contributed by atoms with Crippen LogP contribution in [0.1, 0.15) is 33.4 Å². The number of carbonyl (C=O) groups is 2. The number of aromatic amines is 1. The highest BCUT2D eigenvalue weighted by atomic mass is 19.1. The Bertz CT molecular complexity index is 1120. The Kier molecular flexibility index (Phi) is 5.18. The average molecular weight is 412 g/mol. The number of esters is 1. The van der Waals surface area contributed by atoms with Gasteiger partial charge in [0.1, 0.15) is 17.7 Å². The number of para-hydroxylation sites is 1. The van der Waals surface area contributed by atoms with E-state index in [2.05, 4.69) is 15.3 Å². The quantitative estimate of drug-likeness (QED) is 0.643. The molecule has 0 spiro atoms. The number of anilines is 1. The molecule has 30 heavy (non-hydrogen) atoms. The van der Waals surface area contributed by atoms with Gasteiger partial charge in [-0.3, -0.25) is 0 Å². The number of carbonyl (C=O) groups excluding carboxylic acids is 2. The van der Waals surface area contributed by atoms with Crippen molar-refractivity contribution < 1.29 is 23.1 Å². The van der Waals surface area contributed by atoms with E-state index in [4.69, 9.17) is 4.74 Å². The van der Waals surface area contributed by atoms with Gasteiger partial charge in [0, 0.05) is 30.3 Å². The molecule has 1 aliphatic heterocycles. The lowest BCUT2D eigenvalue weighted by Crippen LogP contribution is -2.43. The van der Waals surface area contributed by atoms with Gasteiger partial charge in [0.05, 0.1) is 30.4 Å². The van der Waals surface area contributed by atoms with Crippen molar-refractivity contribution in [2.45, 2.75) is 12.5 Å². The van der Waals surface area contributed by atoms with Crippen LogP contribution in [-0.2, 0) is 11.2 Å². The number of H-pyrrole nitrogens is 1. The highest BCUT2D eigenvalue weighted by molar-refractivity contribution is 6.01. The normalized spacial score (nSPS) is 15.4. The minimum Gasteiger partial charge on any atom is -0.465 e. The number of rotatable bonds is 3. The molecule has 3 aromatic rings. The highest BCUT2D eigenvalue weighted by Crippen LogP contribution is 2.35. The largest absolute Gasteiger partial charge is 0.465 e. The van der Waals surface area contributed by atoms with Crippen molar-refractivity contribution in [3.63, 3.8) is 0 Å². The second-order valence-electron chi connectivity index (χ2n) is 6.75. The van der Waals surface area contributed by atoms with Gasteiger partial charge in [-0.05, 0) is 18.2 Å². The van der Waals surface area contributed by atoms with E-state index in [1.807, 2.05) is 0 Å². The molecule has 2 amide bonds. The molecule has 1 aromatic heterocycles. The number of nitrogens with zero attached hydrogens (tertiary/aromatic N) is 2. The van der Waals surface area contributed by atoms with Crippen LogP contribution >= 0.6 is 0 Å². The third-order valence-corrected chi connectivity index (χ3v) is 5.02. The zero-order valence-electron chi connectivity index (χ0n) is 16.0. The summed E-state index contributed by atoms with van der Waals surface area (Å²) >= 11 is 0. The molecule has 9 heteroatoms. The first kappa shape index (κ1) is 19.6. The van der Waals surface area contributed by atoms with Crippen LogP contribution in [0.2, 0.25) is 0 Å². The van der Waals surface area contributed by atoms with E-state index in [1.165, 1.54) is 30.5 Å². The van der Waals surface area contributed by atoms with Crippen molar-refractivity contribution in [2.24, 2.45) is 0 Å². The van der Waals surface area contributed by atoms with Crippen molar-refractivity contribution in [3.05, 3.63) is 82.9 Å². The van der Waals surface area contributed by atoms with Crippen LogP contribution in [0.15, 0.2) is 48.8 Å². The van der Waals surface area contributed by atoms with Gasteiger partial charge in [0.25, 0.3) is 0 Å². The molecule has 2 heterocycles. The molecule has 2 N–H and O–H groups in total. The van der Waals surface area contributed by atoms with Gasteiger partial charge >= 0.3 is 12.0 Å². The number of aromatic nitrogens is 2. The molecule has 4 rings (SSSR count). The summed E-state index contributed by atoms with van der Waals surface area (Å²) in [6.07, 6.45) is 1.97. The molecule has 1 aliphatic rings. The summed E-state index contributed by atoms with van der Waals surface area (Å²) in [6.45, 7) is 0.267. The first-order valence-corrected chi connectivity index (χ1v) is 9.21. The van der Waals surface area contributed by atoms with Gasteiger partial charge < -0.3 is 19.9 Å². The van der Waals surface area contributed by atoms with Crippen molar-refractivity contribution in [2.75, 3.05) is 19.0 Å². The van der Waals surface area contributed by atoms with Crippen LogP contribution in [0.5, 0.6) is 0 Å². The number of amides is 2. The molecule has 7 nitrogen and oxygen atoms in total. The van der Waals surface area contributed by atoms with Crippen LogP contribution in [0.4, 0.5) is 19.3 Å². The summed E-state index contributed by atoms with van der Waals surface area (Å²) in [5, 5.41) is 2.70. The Morgan fingerprint density at radius 3 is 2.80 bits per heavy atom. The summed E-state index contributed by atoms with van der Waals surface area (Å²) < 4.78 is 32.8. The van der Waals surface area contributed by atoms with Gasteiger partial charge in [-0.1, -0.05) is 18.2 Å². The van der Waals surface area contributed by atoms with Gasteiger partial charge in [-0.25, -0.2) is 23.4 Å². The SMILES string of the molecule is COC(=O)c1ccccc1NC(=O)N1CCc2[nH]cnc2[C@@H]1c1ccc(F)cc1F. The number of hydrogen-bond donors (Lipinski definition) is 2. The first-order chi connectivity index (χ1) is 14.5. The van der Waals surface area contributed by atoms with E-state index >= 15 is 0 Å². The number of benzene rings is 2. The van der Waals surface area contributed by atoms with E-state index in [0.29, 0.717) is 12.1 Å². The fourth-order valence-corrected chi connectivity index (χ4v) is 3.60. The zero-order chi connectivity index (χ0) is 21.3. The van der Waals surface area contributed by atoms with Gasteiger partial charge in [0.2, 0.25) is 0 Å². The zero-order valence-corrected chi connectivity index (χ0v) is 16.0. The fraction of sp³-hybridized carbons (Fsp3) is 0.190. The molecular weight excluding hydrogens is 394 g/mol. The number of methoxy groups -OCH3 is 1. The van der Waals surface area contributed by atoms with Crippen molar-refractivity contribution in [3.8, 4) is 0 Å². The van der Waals surface area contributed by atoms with Gasteiger partial charge in [-0.2, -0.15) is 0 Å². The molecule has 0 fully saturated rings. The molecule has 0 saturated heterocycles. The standard InChI is InChI=1S/C21H18F2N4O3/c1-30-20(28)14-4-2-3-5-16(14)26-21(29)27-9-8-17-18(25-11-24-17)19(27)13-7-6-12(22)10-15(13)23/h2-7,10-11,19H,8-9H2,1H3,(H,24,25)(H,26,29)/t19-/m0/s1. The van der Waals surface area contributed by atoms with E-state index in [-0.39, 0.29) is 23.4 Å². The number of imidazole rings is 1. The summed E-state index contributed by atoms with van der Waals surface area (Å²) in [7, 11) is 1.25. The number of halogens is 2. The number of ether oxygens (including phenoxy) is 1. The molecule has 1 atom stereocenters. The maximum absolute atomic E-state index is 14.6. The lowest BCUT2D eigenvalue weighted by atomic mass is 9.95. The lowest BCUT2D eigenvalue weighted by molar-refractivity contribution is 0.0602. The molecule has 2 aromatic carbocycles. The van der Waals surface area contributed by atoms with Crippen LogP contribution in [0.25, 0.3) is 0 Å². The maximum Gasteiger partial charge on any atom is 0.339 e. The third kappa shape index (κ3) is 3.49. The summed E-state index contributed by atoms with van der Waals surface area (Å²) in [5.74, 6) is -2.08. The summed E-state index contributed by atoms with van der Waals surface area (Å²) in [4.78, 5) is 33.8. The van der Waals surface area contributed by atoms with E-state index in [9.17, 15) is 18.4 Å². The number of nitrogens with one attached hydrogen (secondary N) is 2. The van der Waals surface area contributed by atoms with Crippen molar-refractivity contribution in [1.29, 1.82) is 0 Å². The lowest BCUT2D eigenvalue weighted by Gasteiger charge is -2.35. The third-order valence-electron chi connectivity index (χ3n) is 5.02. The predicted molar refractivity (Wildman–Crippen MR) is 104 cm³/mol. The molecule has 0 unspecified atom stereocenters. The monoisotopic (exact) mass is 412 g/mol. The van der Waals surface area contributed by atoms with Crippen LogP contribution in [0, 0.1) is 11.6 Å². The van der Waals surface area contributed by atoms with Crippen LogP contribution < -0.4 is 5.32 Å². The van der Waals surface area contributed by atoms with E-state index < -0.39 is 29.7 Å². The topological polar surface area (TPSA) is 87.3 Å². The van der Waals surface area contributed by atoms with Crippen LogP contribution in [0.3, 0.4) is 0 Å². The van der Waals surface area contributed by atoms with Crippen LogP contribution in [-0.4, -0.2) is 40.5 Å². The summed E-state index contributed by atoms with van der Waals surface area (Å²) in [6, 6.07) is 8.24. The van der Waals surface area contributed by atoms with E-state index in [0.717, 1.165) is 17.8 Å². The second-order valence-corrected chi connectivity index (χ2v) is 6.75. The Labute approximate surface area is 170 Å². The molecule has 0 aliphatic carbocycles. The molecule has 0 radical (unpaired) electrons. The second kappa shape index (κ2) is 7.94. The summed E-state index contributed by atoms with van der Waals surface area (Å²) in [5.41, 5.74) is 1.85. The number of hydrogen-bond acceptors (Lipinski definition) is 4. The Hall–Kier alpha value is -3.75.